The Hall–Kier alpha value is -2.88. The van der Waals surface area contributed by atoms with Crippen LogP contribution in [0, 0.1) is 17.5 Å². The number of halogens is 3. The molecule has 0 bridgehead atoms. The molecule has 2 heterocycles. The van der Waals surface area contributed by atoms with E-state index >= 15 is 0 Å². The molecule has 1 amide bonds. The summed E-state index contributed by atoms with van der Waals surface area (Å²) in [4.78, 5) is 22.3. The van der Waals surface area contributed by atoms with Gasteiger partial charge in [-0.1, -0.05) is 0 Å². The van der Waals surface area contributed by atoms with Gasteiger partial charge in [-0.2, -0.15) is 4.98 Å². The molecular formula is C19H20F3N5O2. The highest BCUT2D eigenvalue weighted by atomic mass is 19.2. The van der Waals surface area contributed by atoms with E-state index in [0.717, 1.165) is 12.1 Å². The molecule has 29 heavy (non-hydrogen) atoms. The van der Waals surface area contributed by atoms with Crippen LogP contribution in [-0.4, -0.2) is 41.1 Å². The second-order valence-electron chi connectivity index (χ2n) is 7.33. The number of aromatic nitrogens is 2. The van der Waals surface area contributed by atoms with Crippen molar-refractivity contribution in [2.24, 2.45) is 0 Å². The molecule has 1 fully saturated rings. The molecule has 1 aromatic carbocycles. The Morgan fingerprint density at radius 2 is 1.97 bits per heavy atom. The summed E-state index contributed by atoms with van der Waals surface area (Å²) in [7, 11) is 1.80. The van der Waals surface area contributed by atoms with Gasteiger partial charge in [-0.25, -0.2) is 18.2 Å². The molecule has 4 rings (SSSR count). The predicted molar refractivity (Wildman–Crippen MR) is 100 cm³/mol. The number of likely N-dealkylation sites (N-methyl/N-ethyl adjacent to an activating group) is 1. The smallest absolute Gasteiger partial charge is 0.246 e. The van der Waals surface area contributed by atoms with Crippen molar-refractivity contribution < 1.29 is 22.7 Å². The lowest BCUT2D eigenvalue weighted by Gasteiger charge is -2.36. The standard InChI is InChI=1S/C19H20F3N5O2/c1-9-18(28)25-15-7-23-19(26-17(15)27(9)2)24-11-5-12(6-11)29-8-10-3-13(20)16(22)14(21)4-10/h3-4,7,9,11-12H,5-6,8H2,1-2H3,(H,25,28)(H,23,24,26)/t9-,11?,12?/m0/s1. The normalized spacial score (nSPS) is 23.3. The van der Waals surface area contributed by atoms with Crippen molar-refractivity contribution in [1.82, 2.24) is 9.97 Å². The lowest BCUT2D eigenvalue weighted by atomic mass is 9.89. The van der Waals surface area contributed by atoms with E-state index in [-0.39, 0.29) is 36.3 Å². The van der Waals surface area contributed by atoms with Gasteiger partial charge in [0.05, 0.1) is 18.9 Å². The van der Waals surface area contributed by atoms with Gasteiger partial charge >= 0.3 is 0 Å². The predicted octanol–water partition coefficient (Wildman–Crippen LogP) is 2.83. The first kappa shape index (κ1) is 19.4. The molecule has 2 aliphatic rings. The first-order chi connectivity index (χ1) is 13.8. The minimum absolute atomic E-state index is 0.00321. The number of ether oxygens (including phenoxy) is 1. The Morgan fingerprint density at radius 1 is 1.28 bits per heavy atom. The summed E-state index contributed by atoms with van der Waals surface area (Å²) < 4.78 is 45.1. The molecule has 1 aliphatic heterocycles. The number of hydrogen-bond donors (Lipinski definition) is 2. The first-order valence-electron chi connectivity index (χ1n) is 9.24. The molecular weight excluding hydrogens is 387 g/mol. The molecule has 0 spiro atoms. The van der Waals surface area contributed by atoms with Crippen LogP contribution in [-0.2, 0) is 16.1 Å². The SMILES string of the molecule is C[C@H]1C(=O)Nc2cnc(NC3CC(OCc4cc(F)c(F)c(F)c4)C3)nc2N1C. The zero-order valence-corrected chi connectivity index (χ0v) is 15.9. The maximum Gasteiger partial charge on any atom is 0.246 e. The number of hydrogen-bond acceptors (Lipinski definition) is 6. The Balaban J connectivity index is 1.30. The van der Waals surface area contributed by atoms with Gasteiger partial charge in [-0.3, -0.25) is 4.79 Å². The number of benzene rings is 1. The second-order valence-corrected chi connectivity index (χ2v) is 7.33. The molecule has 0 saturated heterocycles. The molecule has 2 N–H and O–H groups in total. The Bertz CT molecular complexity index is 928. The van der Waals surface area contributed by atoms with Crippen molar-refractivity contribution in [2.45, 2.75) is 44.6 Å². The number of fused-ring (bicyclic) bond motifs is 1. The average molecular weight is 407 g/mol. The van der Waals surface area contributed by atoms with E-state index < -0.39 is 17.5 Å². The van der Waals surface area contributed by atoms with Crippen LogP contribution >= 0.6 is 0 Å². The van der Waals surface area contributed by atoms with Crippen LogP contribution in [0.2, 0.25) is 0 Å². The fourth-order valence-electron chi connectivity index (χ4n) is 3.30. The Kier molecular flexibility index (Phi) is 5.03. The summed E-state index contributed by atoms with van der Waals surface area (Å²) in [5.41, 5.74) is 0.810. The highest BCUT2D eigenvalue weighted by Crippen LogP contribution is 2.31. The molecule has 0 unspecified atom stereocenters. The molecule has 0 radical (unpaired) electrons. The first-order valence-corrected chi connectivity index (χ1v) is 9.24. The zero-order valence-electron chi connectivity index (χ0n) is 15.9. The Morgan fingerprint density at radius 3 is 2.66 bits per heavy atom. The molecule has 1 atom stereocenters. The third-order valence-corrected chi connectivity index (χ3v) is 5.28. The molecule has 2 aromatic rings. The third-order valence-electron chi connectivity index (χ3n) is 5.28. The van der Waals surface area contributed by atoms with Gasteiger partial charge in [0.15, 0.2) is 23.3 Å². The van der Waals surface area contributed by atoms with Crippen LogP contribution in [0.1, 0.15) is 25.3 Å². The topological polar surface area (TPSA) is 79.4 Å². The van der Waals surface area contributed by atoms with Crippen LogP contribution in [0.15, 0.2) is 18.3 Å². The fourth-order valence-corrected chi connectivity index (χ4v) is 3.30. The quantitative estimate of drug-likeness (QED) is 0.742. The van der Waals surface area contributed by atoms with Crippen molar-refractivity contribution >= 4 is 23.4 Å². The lowest BCUT2D eigenvalue weighted by molar-refractivity contribution is -0.117. The molecule has 1 saturated carbocycles. The van der Waals surface area contributed by atoms with Crippen molar-refractivity contribution in [3.05, 3.63) is 41.3 Å². The molecule has 154 valence electrons. The fraction of sp³-hybridized carbons (Fsp3) is 0.421. The molecule has 10 heteroatoms. The van der Waals surface area contributed by atoms with E-state index in [0.29, 0.717) is 30.3 Å². The average Bonchev–Trinajstić information content (AvgIpc) is 2.66. The number of amides is 1. The number of nitrogens with zero attached hydrogens (tertiary/aromatic N) is 3. The monoisotopic (exact) mass is 407 g/mol. The van der Waals surface area contributed by atoms with Gasteiger partial charge in [-0.05, 0) is 37.5 Å². The van der Waals surface area contributed by atoms with Crippen LogP contribution in [0.25, 0.3) is 0 Å². The van der Waals surface area contributed by atoms with E-state index in [9.17, 15) is 18.0 Å². The minimum atomic E-state index is -1.48. The summed E-state index contributed by atoms with van der Waals surface area (Å²) in [6, 6.07) is 1.64. The van der Waals surface area contributed by atoms with Crippen LogP contribution in [0.4, 0.5) is 30.6 Å². The third kappa shape index (κ3) is 3.84. The summed E-state index contributed by atoms with van der Waals surface area (Å²) in [6.07, 6.45) is 2.84. The van der Waals surface area contributed by atoms with Crippen molar-refractivity contribution in [1.29, 1.82) is 0 Å². The van der Waals surface area contributed by atoms with E-state index in [2.05, 4.69) is 20.6 Å². The molecule has 7 nitrogen and oxygen atoms in total. The van der Waals surface area contributed by atoms with Crippen LogP contribution < -0.4 is 15.5 Å². The summed E-state index contributed by atoms with van der Waals surface area (Å²) in [5, 5.41) is 5.99. The van der Waals surface area contributed by atoms with Gasteiger partial charge in [-0.15, -0.1) is 0 Å². The number of carbonyl (C=O) groups is 1. The van der Waals surface area contributed by atoms with E-state index in [1.807, 2.05) is 0 Å². The van der Waals surface area contributed by atoms with Gasteiger partial charge < -0.3 is 20.3 Å². The number of rotatable bonds is 5. The minimum Gasteiger partial charge on any atom is -0.373 e. The van der Waals surface area contributed by atoms with Crippen molar-refractivity contribution in [3.63, 3.8) is 0 Å². The van der Waals surface area contributed by atoms with Gasteiger partial charge in [0.2, 0.25) is 11.9 Å². The maximum absolute atomic E-state index is 13.2. The van der Waals surface area contributed by atoms with Crippen LogP contribution in [0.3, 0.4) is 0 Å². The highest BCUT2D eigenvalue weighted by molar-refractivity contribution is 6.02. The molecule has 1 aliphatic carbocycles. The van der Waals surface area contributed by atoms with Crippen molar-refractivity contribution in [2.75, 3.05) is 22.6 Å². The molecule has 1 aromatic heterocycles. The van der Waals surface area contributed by atoms with E-state index in [4.69, 9.17) is 4.74 Å². The van der Waals surface area contributed by atoms with E-state index in [1.165, 1.54) is 0 Å². The summed E-state index contributed by atoms with van der Waals surface area (Å²) >= 11 is 0. The summed E-state index contributed by atoms with van der Waals surface area (Å²) in [5.74, 6) is -2.95. The van der Waals surface area contributed by atoms with Gasteiger partial charge in [0, 0.05) is 13.1 Å². The van der Waals surface area contributed by atoms with Crippen LogP contribution in [0.5, 0.6) is 0 Å². The Labute approximate surface area is 165 Å². The van der Waals surface area contributed by atoms with Gasteiger partial charge in [0.1, 0.15) is 11.7 Å². The highest BCUT2D eigenvalue weighted by Gasteiger charge is 2.32. The van der Waals surface area contributed by atoms with E-state index in [1.54, 1.807) is 25.1 Å². The number of carbonyl (C=O) groups excluding carboxylic acids is 1. The summed E-state index contributed by atoms with van der Waals surface area (Å²) in [6.45, 7) is 1.80. The largest absolute Gasteiger partial charge is 0.373 e. The maximum atomic E-state index is 13.2. The number of anilines is 3. The number of nitrogens with one attached hydrogen (secondary N) is 2. The van der Waals surface area contributed by atoms with Crippen molar-refractivity contribution in [3.8, 4) is 0 Å². The zero-order chi connectivity index (χ0) is 20.7. The lowest BCUT2D eigenvalue weighted by Crippen LogP contribution is -2.45. The second kappa shape index (κ2) is 7.51. The van der Waals surface area contributed by atoms with Gasteiger partial charge in [0.25, 0.3) is 0 Å².